The van der Waals surface area contributed by atoms with Crippen LogP contribution < -0.4 is 15.9 Å². The number of hydrogen-bond donors (Lipinski definition) is 3. The Hall–Kier alpha value is -2.40. The van der Waals surface area contributed by atoms with Gasteiger partial charge < -0.3 is 10.3 Å². The van der Waals surface area contributed by atoms with Gasteiger partial charge >= 0.3 is 0 Å². The number of H-pyrrole nitrogens is 2. The Kier molecular flexibility index (Phi) is 2.91. The molecule has 3 aromatic rings. The van der Waals surface area contributed by atoms with Gasteiger partial charge in [0.05, 0.1) is 16.4 Å². The number of para-hydroxylation sites is 1. The van der Waals surface area contributed by atoms with Crippen molar-refractivity contribution in [1.82, 2.24) is 25.5 Å². The van der Waals surface area contributed by atoms with Crippen LogP contribution >= 0.6 is 0 Å². The first-order chi connectivity index (χ1) is 9.61. The molecule has 5 heteroatoms. The minimum absolute atomic E-state index is 0.233. The summed E-state index contributed by atoms with van der Waals surface area (Å²) in [7, 11) is 1.94. The molecule has 2 heterocycles. The van der Waals surface area contributed by atoms with E-state index in [-0.39, 0.29) is 6.04 Å². The fourth-order valence-corrected chi connectivity index (χ4v) is 2.27. The third-order valence-electron chi connectivity index (χ3n) is 3.62. The lowest BCUT2D eigenvalue weighted by molar-refractivity contribution is 0.656. The summed E-state index contributed by atoms with van der Waals surface area (Å²) < 4.78 is 0. The zero-order chi connectivity index (χ0) is 14.3. The number of benzene rings is 1. The van der Waals surface area contributed by atoms with Crippen molar-refractivity contribution in [3.63, 3.8) is 0 Å². The Bertz CT molecular complexity index is 858. The van der Waals surface area contributed by atoms with E-state index in [1.807, 2.05) is 19.2 Å². The molecule has 0 saturated carbocycles. The van der Waals surface area contributed by atoms with E-state index in [0.29, 0.717) is 16.9 Å². The van der Waals surface area contributed by atoms with Gasteiger partial charge in [-0.05, 0) is 25.6 Å². The maximum absolute atomic E-state index is 4.68. The van der Waals surface area contributed by atoms with Gasteiger partial charge in [-0.3, -0.25) is 5.10 Å². The summed E-state index contributed by atoms with van der Waals surface area (Å²) >= 11 is 0. The molecule has 3 rings (SSSR count). The number of fused-ring (bicyclic) bond motifs is 1. The number of imidazole rings is 1. The number of hydrogen-bond acceptors (Lipinski definition) is 3. The summed E-state index contributed by atoms with van der Waals surface area (Å²) in [5.74, 6) is 0.715. The average molecular weight is 267 g/mol. The lowest BCUT2D eigenvalue weighted by Gasteiger charge is -2.10. The Balaban J connectivity index is 2.23. The summed E-state index contributed by atoms with van der Waals surface area (Å²) in [6.45, 7) is 9.93. The van der Waals surface area contributed by atoms with Crippen molar-refractivity contribution in [2.75, 3.05) is 7.05 Å². The topological polar surface area (TPSA) is 69.4 Å². The predicted octanol–water partition coefficient (Wildman–Crippen LogP) is 1.05. The maximum atomic E-state index is 4.68. The van der Waals surface area contributed by atoms with Crippen molar-refractivity contribution in [3.05, 3.63) is 34.3 Å². The van der Waals surface area contributed by atoms with Crippen molar-refractivity contribution in [2.24, 2.45) is 0 Å². The minimum atomic E-state index is 0.233. The fourth-order valence-electron chi connectivity index (χ4n) is 2.27. The third kappa shape index (κ3) is 1.83. The van der Waals surface area contributed by atoms with Crippen LogP contribution in [0.5, 0.6) is 0 Å². The van der Waals surface area contributed by atoms with Crippen molar-refractivity contribution in [1.29, 1.82) is 0 Å². The summed E-state index contributed by atoms with van der Waals surface area (Å²) in [6, 6.07) is 6.35. The van der Waals surface area contributed by atoms with Crippen LogP contribution in [0.4, 0.5) is 0 Å². The monoisotopic (exact) mass is 267 g/mol. The van der Waals surface area contributed by atoms with Crippen LogP contribution in [0.1, 0.15) is 18.5 Å². The summed E-state index contributed by atoms with van der Waals surface area (Å²) in [6.07, 6.45) is 0. The van der Waals surface area contributed by atoms with E-state index in [1.54, 1.807) is 0 Å². The van der Waals surface area contributed by atoms with Crippen molar-refractivity contribution < 1.29 is 0 Å². The molecule has 102 valence electrons. The van der Waals surface area contributed by atoms with Crippen molar-refractivity contribution in [3.8, 4) is 11.5 Å². The lowest BCUT2D eigenvalue weighted by atomic mass is 10.1. The summed E-state index contributed by atoms with van der Waals surface area (Å²) in [5, 5.41) is 11.8. The molecular formula is C15H17N5. The highest BCUT2D eigenvalue weighted by molar-refractivity contribution is 5.82. The smallest absolute Gasteiger partial charge is 0.159 e. The van der Waals surface area contributed by atoms with Crippen LogP contribution in [0.3, 0.4) is 0 Å². The molecule has 20 heavy (non-hydrogen) atoms. The molecule has 3 N–H and O–H groups in total. The Morgan fingerprint density at radius 2 is 2.10 bits per heavy atom. The molecule has 1 aromatic carbocycles. The third-order valence-corrected chi connectivity index (χ3v) is 3.62. The van der Waals surface area contributed by atoms with E-state index < -0.39 is 0 Å². The SMILES string of the molecule is C=c1[nH]nc(-c2nc3c(C(C)NC)cccc3[nH]2)c1=C. The number of rotatable bonds is 3. The molecule has 0 aliphatic carbocycles. The molecule has 0 radical (unpaired) electrons. The molecule has 5 nitrogen and oxygen atoms in total. The van der Waals surface area contributed by atoms with Gasteiger partial charge in [0.25, 0.3) is 0 Å². The van der Waals surface area contributed by atoms with E-state index in [9.17, 15) is 0 Å². The summed E-state index contributed by atoms with van der Waals surface area (Å²) in [5.41, 5.74) is 3.82. The standard InChI is InChI=1S/C15H17N5/c1-8-9(2)19-20-13(8)15-17-12-7-5-6-11(10(3)16-4)14(12)18-15/h5-7,10,16,19H,1-2H2,3-4H3,(H,17,18). The maximum Gasteiger partial charge on any atom is 0.159 e. The molecule has 0 aliphatic heterocycles. The predicted molar refractivity (Wildman–Crippen MR) is 81.4 cm³/mol. The highest BCUT2D eigenvalue weighted by atomic mass is 15.1. The number of aromatic amines is 2. The second kappa shape index (κ2) is 4.61. The molecule has 0 aliphatic rings. The Morgan fingerprint density at radius 1 is 1.30 bits per heavy atom. The number of nitrogens with one attached hydrogen (secondary N) is 3. The van der Waals surface area contributed by atoms with E-state index in [2.05, 4.69) is 51.6 Å². The van der Waals surface area contributed by atoms with Gasteiger partial charge in [-0.15, -0.1) is 0 Å². The first-order valence-electron chi connectivity index (χ1n) is 6.50. The zero-order valence-electron chi connectivity index (χ0n) is 11.6. The van der Waals surface area contributed by atoms with Crippen molar-refractivity contribution >= 4 is 24.2 Å². The second-order valence-corrected chi connectivity index (χ2v) is 4.87. The van der Waals surface area contributed by atoms with Gasteiger partial charge in [-0.25, -0.2) is 4.98 Å². The first kappa shape index (κ1) is 12.6. The van der Waals surface area contributed by atoms with Crippen molar-refractivity contribution in [2.45, 2.75) is 13.0 Å². The molecule has 2 aromatic heterocycles. The number of aromatic nitrogens is 4. The van der Waals surface area contributed by atoms with E-state index >= 15 is 0 Å². The Labute approximate surface area is 116 Å². The first-order valence-corrected chi connectivity index (χ1v) is 6.50. The van der Waals surface area contributed by atoms with Gasteiger partial charge in [-0.2, -0.15) is 5.10 Å². The van der Waals surface area contributed by atoms with Crippen LogP contribution in [0.15, 0.2) is 18.2 Å². The quantitative estimate of drug-likeness (QED) is 0.664. The molecule has 0 spiro atoms. The van der Waals surface area contributed by atoms with Crippen LogP contribution in [0.25, 0.3) is 35.7 Å². The fraction of sp³-hybridized carbons (Fsp3) is 0.200. The second-order valence-electron chi connectivity index (χ2n) is 4.87. The van der Waals surface area contributed by atoms with Gasteiger partial charge in [0.1, 0.15) is 5.69 Å². The molecule has 1 atom stereocenters. The van der Waals surface area contributed by atoms with E-state index in [4.69, 9.17) is 0 Å². The van der Waals surface area contributed by atoms with E-state index in [1.165, 1.54) is 0 Å². The summed E-state index contributed by atoms with van der Waals surface area (Å²) in [4.78, 5) is 7.98. The minimum Gasteiger partial charge on any atom is -0.337 e. The highest BCUT2D eigenvalue weighted by Crippen LogP contribution is 2.24. The van der Waals surface area contributed by atoms with Gasteiger partial charge in [0, 0.05) is 11.3 Å². The molecule has 0 fully saturated rings. The molecule has 0 saturated heterocycles. The van der Waals surface area contributed by atoms with E-state index in [0.717, 1.165) is 21.8 Å². The van der Waals surface area contributed by atoms with Gasteiger partial charge in [0.2, 0.25) is 0 Å². The molecular weight excluding hydrogens is 250 g/mol. The lowest BCUT2D eigenvalue weighted by Crippen LogP contribution is -2.19. The van der Waals surface area contributed by atoms with Gasteiger partial charge in [-0.1, -0.05) is 25.3 Å². The Morgan fingerprint density at radius 3 is 2.75 bits per heavy atom. The van der Waals surface area contributed by atoms with Crippen LogP contribution in [0.2, 0.25) is 0 Å². The molecule has 0 amide bonds. The number of nitrogens with zero attached hydrogens (tertiary/aromatic N) is 2. The normalized spacial score (nSPS) is 12.9. The molecule has 1 unspecified atom stereocenters. The van der Waals surface area contributed by atoms with Crippen LogP contribution in [-0.4, -0.2) is 27.2 Å². The van der Waals surface area contributed by atoms with Crippen LogP contribution in [-0.2, 0) is 0 Å². The van der Waals surface area contributed by atoms with Gasteiger partial charge in [0.15, 0.2) is 5.82 Å². The molecule has 0 bridgehead atoms. The highest BCUT2D eigenvalue weighted by Gasteiger charge is 2.14. The van der Waals surface area contributed by atoms with Crippen LogP contribution in [0, 0.1) is 0 Å². The zero-order valence-corrected chi connectivity index (χ0v) is 11.6. The average Bonchev–Trinajstić information content (AvgIpc) is 3.02. The largest absolute Gasteiger partial charge is 0.337 e.